The lowest BCUT2D eigenvalue weighted by molar-refractivity contribution is -0.137. The van der Waals surface area contributed by atoms with Crippen molar-refractivity contribution >= 4 is 13.3 Å². The summed E-state index contributed by atoms with van der Waals surface area (Å²) in [6, 6.07) is 0. The van der Waals surface area contributed by atoms with Gasteiger partial charge in [-0.1, -0.05) is 0 Å². The van der Waals surface area contributed by atoms with Gasteiger partial charge in [-0.15, -0.1) is 0 Å². The molecule has 0 saturated heterocycles. The average Bonchev–Trinajstić information content (AvgIpc) is 1.59. The van der Waals surface area contributed by atoms with Gasteiger partial charge in [-0.05, 0) is 6.42 Å². The zero-order valence-electron chi connectivity index (χ0n) is 5.78. The van der Waals surface area contributed by atoms with Crippen molar-refractivity contribution in [2.45, 2.75) is 12.8 Å². The molecule has 1 atom stereocenters. The molecule has 0 fully saturated rings. The minimum Gasteiger partial charge on any atom is -0.481 e. The Labute approximate surface area is 59.3 Å². The quantitative estimate of drug-likeness (QED) is 0.604. The maximum atomic E-state index is 10.6. The predicted octanol–water partition coefficient (Wildman–Crippen LogP) is 0.751. The Hall–Kier alpha value is -0.340. The number of aliphatic carboxylic acids is 1. The van der Waals surface area contributed by atoms with E-state index in [1.54, 1.807) is 0 Å². The molecule has 0 aromatic rings. The topological polar surface area (TPSA) is 74.6 Å². The number of carboxylic acid groups (broad SMARTS) is 1. The molecule has 0 radical (unpaired) electrons. The van der Waals surface area contributed by atoms with Crippen LogP contribution in [-0.2, 0) is 9.36 Å². The highest BCUT2D eigenvalue weighted by atomic mass is 31.2. The molecule has 0 spiro atoms. The number of carboxylic acids is 1. The van der Waals surface area contributed by atoms with E-state index in [2.05, 4.69) is 0 Å². The van der Waals surface area contributed by atoms with Crippen LogP contribution in [0.1, 0.15) is 12.8 Å². The van der Waals surface area contributed by atoms with Crippen LogP contribution in [0.25, 0.3) is 0 Å². The third kappa shape index (κ3) is 7.66. The Morgan fingerprint density at radius 3 is 2.40 bits per heavy atom. The van der Waals surface area contributed by atoms with E-state index in [9.17, 15) is 9.36 Å². The molecule has 0 aromatic carbocycles. The van der Waals surface area contributed by atoms with E-state index in [1.807, 2.05) is 0 Å². The second kappa shape index (κ2) is 3.74. The van der Waals surface area contributed by atoms with Gasteiger partial charge in [0.05, 0.1) is 0 Å². The van der Waals surface area contributed by atoms with Crippen molar-refractivity contribution in [2.75, 3.05) is 12.8 Å². The SMILES string of the molecule is CP(=O)(O)CCCC(=O)O. The highest BCUT2D eigenvalue weighted by molar-refractivity contribution is 7.57. The second-order valence-electron chi connectivity index (χ2n) is 2.27. The van der Waals surface area contributed by atoms with E-state index in [0.29, 0.717) is 0 Å². The predicted molar refractivity (Wildman–Crippen MR) is 37.5 cm³/mol. The number of hydrogen-bond donors (Lipinski definition) is 2. The van der Waals surface area contributed by atoms with Crippen LogP contribution in [0.3, 0.4) is 0 Å². The fourth-order valence-electron chi connectivity index (χ4n) is 0.524. The second-order valence-corrected chi connectivity index (χ2v) is 4.82. The molecule has 0 amide bonds. The summed E-state index contributed by atoms with van der Waals surface area (Å²) in [5, 5.41) is 8.14. The van der Waals surface area contributed by atoms with Gasteiger partial charge in [0.1, 0.15) is 0 Å². The monoisotopic (exact) mass is 166 g/mol. The molecule has 0 aliphatic rings. The summed E-state index contributed by atoms with van der Waals surface area (Å²) in [5.74, 6) is -0.923. The first-order chi connectivity index (χ1) is 4.42. The Morgan fingerprint density at radius 2 is 2.10 bits per heavy atom. The maximum Gasteiger partial charge on any atom is 0.303 e. The minimum atomic E-state index is -2.99. The fourth-order valence-corrected chi connectivity index (χ4v) is 1.27. The molecule has 0 bridgehead atoms. The van der Waals surface area contributed by atoms with Gasteiger partial charge in [-0.25, -0.2) is 0 Å². The summed E-state index contributed by atoms with van der Waals surface area (Å²) in [5.41, 5.74) is 0. The standard InChI is InChI=1S/C5H11O4P/c1-10(8,9)4-2-3-5(6)7/h2-4H2,1H3,(H,6,7)(H,8,9). The normalized spacial score (nSPS) is 16.2. The molecule has 5 heteroatoms. The summed E-state index contributed by atoms with van der Waals surface area (Å²) in [6.07, 6.45) is 0.345. The Morgan fingerprint density at radius 1 is 1.60 bits per heavy atom. The third-order valence-electron chi connectivity index (χ3n) is 0.964. The van der Waals surface area contributed by atoms with Crippen molar-refractivity contribution in [3.8, 4) is 0 Å². The first-order valence-corrected chi connectivity index (χ1v) is 5.22. The van der Waals surface area contributed by atoms with E-state index < -0.39 is 13.3 Å². The Bertz CT molecular complexity index is 159. The Kier molecular flexibility index (Phi) is 3.61. The third-order valence-corrected chi connectivity index (χ3v) is 2.11. The molecule has 0 aliphatic heterocycles. The smallest absolute Gasteiger partial charge is 0.303 e. The number of hydrogen-bond acceptors (Lipinski definition) is 2. The van der Waals surface area contributed by atoms with E-state index in [1.165, 1.54) is 6.66 Å². The van der Waals surface area contributed by atoms with Gasteiger partial charge in [0.15, 0.2) is 7.37 Å². The van der Waals surface area contributed by atoms with Crippen LogP contribution in [-0.4, -0.2) is 28.8 Å². The first-order valence-electron chi connectivity index (χ1n) is 2.93. The zero-order chi connectivity index (χ0) is 8.20. The summed E-state index contributed by atoms with van der Waals surface area (Å²) in [4.78, 5) is 18.6. The average molecular weight is 166 g/mol. The molecule has 2 N–H and O–H groups in total. The maximum absolute atomic E-state index is 10.6. The molecule has 60 valence electrons. The molecule has 0 aliphatic carbocycles. The van der Waals surface area contributed by atoms with Crippen molar-refractivity contribution in [1.29, 1.82) is 0 Å². The van der Waals surface area contributed by atoms with Crippen LogP contribution in [0, 0.1) is 0 Å². The summed E-state index contributed by atoms with van der Waals surface area (Å²) in [7, 11) is -2.99. The first kappa shape index (κ1) is 9.66. The van der Waals surface area contributed by atoms with Gasteiger partial charge in [0.25, 0.3) is 0 Å². The van der Waals surface area contributed by atoms with Crippen molar-refractivity contribution < 1.29 is 19.4 Å². The lowest BCUT2D eigenvalue weighted by Crippen LogP contribution is -1.96. The molecule has 1 unspecified atom stereocenters. The van der Waals surface area contributed by atoms with Crippen molar-refractivity contribution in [1.82, 2.24) is 0 Å². The zero-order valence-corrected chi connectivity index (χ0v) is 6.67. The van der Waals surface area contributed by atoms with Gasteiger partial charge >= 0.3 is 5.97 Å². The van der Waals surface area contributed by atoms with Gasteiger partial charge in [0.2, 0.25) is 0 Å². The van der Waals surface area contributed by atoms with E-state index in [0.717, 1.165) is 0 Å². The van der Waals surface area contributed by atoms with E-state index in [4.69, 9.17) is 10.00 Å². The highest BCUT2D eigenvalue weighted by Gasteiger charge is 2.09. The molecule has 0 heterocycles. The molecular weight excluding hydrogens is 155 g/mol. The lowest BCUT2D eigenvalue weighted by atomic mass is 10.3. The number of rotatable bonds is 4. The lowest BCUT2D eigenvalue weighted by Gasteiger charge is -2.01. The van der Waals surface area contributed by atoms with Crippen molar-refractivity contribution in [3.63, 3.8) is 0 Å². The number of carbonyl (C=O) groups is 1. The van der Waals surface area contributed by atoms with Crippen LogP contribution in [0.4, 0.5) is 0 Å². The van der Waals surface area contributed by atoms with Gasteiger partial charge in [-0.3, -0.25) is 9.36 Å². The fraction of sp³-hybridized carbons (Fsp3) is 0.800. The Balaban J connectivity index is 3.39. The van der Waals surface area contributed by atoms with E-state index in [-0.39, 0.29) is 19.0 Å². The van der Waals surface area contributed by atoms with Crippen LogP contribution in [0.2, 0.25) is 0 Å². The van der Waals surface area contributed by atoms with E-state index >= 15 is 0 Å². The largest absolute Gasteiger partial charge is 0.481 e. The minimum absolute atomic E-state index is 0.0294. The highest BCUT2D eigenvalue weighted by Crippen LogP contribution is 2.35. The molecule has 10 heavy (non-hydrogen) atoms. The van der Waals surface area contributed by atoms with Gasteiger partial charge in [0, 0.05) is 19.2 Å². The van der Waals surface area contributed by atoms with Crippen molar-refractivity contribution in [3.05, 3.63) is 0 Å². The van der Waals surface area contributed by atoms with Gasteiger partial charge in [-0.2, -0.15) is 0 Å². The van der Waals surface area contributed by atoms with Gasteiger partial charge < -0.3 is 10.00 Å². The molecule has 0 saturated carbocycles. The van der Waals surface area contributed by atoms with Crippen LogP contribution in [0.15, 0.2) is 0 Å². The van der Waals surface area contributed by atoms with Crippen LogP contribution < -0.4 is 0 Å². The molecule has 0 aromatic heterocycles. The van der Waals surface area contributed by atoms with Crippen LogP contribution in [0.5, 0.6) is 0 Å². The summed E-state index contributed by atoms with van der Waals surface area (Å²) in [6.45, 7) is 1.23. The van der Waals surface area contributed by atoms with Crippen molar-refractivity contribution in [2.24, 2.45) is 0 Å². The summed E-state index contributed by atoms with van der Waals surface area (Å²) < 4.78 is 10.6. The molecule has 0 rings (SSSR count). The van der Waals surface area contributed by atoms with Crippen LogP contribution >= 0.6 is 7.37 Å². The molecular formula is C5H11O4P. The molecule has 4 nitrogen and oxygen atoms in total. The summed E-state index contributed by atoms with van der Waals surface area (Å²) >= 11 is 0.